The van der Waals surface area contributed by atoms with Crippen molar-refractivity contribution >= 4 is 15.9 Å². The maximum atomic E-state index is 5.77. The Morgan fingerprint density at radius 1 is 1.12 bits per heavy atom. The predicted molar refractivity (Wildman–Crippen MR) is 73.7 cm³/mol. The number of rotatable bonds is 2. The average molecular weight is 295 g/mol. The monoisotopic (exact) mass is 294 g/mol. The molecule has 1 aliphatic heterocycles. The minimum Gasteiger partial charge on any atom is -0.377 e. The lowest BCUT2D eigenvalue weighted by molar-refractivity contribution is 0.110. The van der Waals surface area contributed by atoms with E-state index in [-0.39, 0.29) is 0 Å². The van der Waals surface area contributed by atoms with Crippen molar-refractivity contribution in [1.29, 1.82) is 0 Å². The highest BCUT2D eigenvalue weighted by atomic mass is 79.9. The third kappa shape index (κ3) is 2.43. The Balaban J connectivity index is 1.82. The molecule has 1 aliphatic carbocycles. The predicted octanol–water partition coefficient (Wildman–Crippen LogP) is 4.18. The third-order valence-electron chi connectivity index (χ3n) is 3.98. The first-order chi connectivity index (χ1) is 8.34. The number of hydrogen-bond donors (Lipinski definition) is 0. The van der Waals surface area contributed by atoms with E-state index in [9.17, 15) is 0 Å². The highest BCUT2D eigenvalue weighted by molar-refractivity contribution is 9.09. The largest absolute Gasteiger partial charge is 0.377 e. The van der Waals surface area contributed by atoms with Crippen molar-refractivity contribution in [2.24, 2.45) is 0 Å². The SMILES string of the molecule is BrC(c1ccc2c(c1)CCCC2)C1CCCO1. The summed E-state index contributed by atoms with van der Waals surface area (Å²) in [5, 5.41) is 0. The van der Waals surface area contributed by atoms with Gasteiger partial charge >= 0.3 is 0 Å². The minimum atomic E-state index is 0.372. The van der Waals surface area contributed by atoms with Crippen molar-refractivity contribution < 1.29 is 4.74 Å². The first-order valence-corrected chi connectivity index (χ1v) is 7.63. The molecule has 0 bridgehead atoms. The van der Waals surface area contributed by atoms with Crippen molar-refractivity contribution in [3.05, 3.63) is 34.9 Å². The number of ether oxygens (including phenoxy) is 1. The van der Waals surface area contributed by atoms with Crippen LogP contribution >= 0.6 is 15.9 Å². The summed E-state index contributed by atoms with van der Waals surface area (Å²) in [5.41, 5.74) is 4.53. The Kier molecular flexibility index (Phi) is 3.53. The van der Waals surface area contributed by atoms with Gasteiger partial charge in [-0.2, -0.15) is 0 Å². The quantitative estimate of drug-likeness (QED) is 0.744. The molecule has 2 aliphatic rings. The van der Waals surface area contributed by atoms with E-state index in [1.165, 1.54) is 44.1 Å². The fourth-order valence-electron chi connectivity index (χ4n) is 2.97. The highest BCUT2D eigenvalue weighted by Gasteiger charge is 2.25. The number of hydrogen-bond acceptors (Lipinski definition) is 1. The average Bonchev–Trinajstić information content (AvgIpc) is 2.91. The Labute approximate surface area is 112 Å². The summed E-state index contributed by atoms with van der Waals surface area (Å²) < 4.78 is 5.77. The van der Waals surface area contributed by atoms with Gasteiger partial charge in [0.1, 0.15) is 0 Å². The van der Waals surface area contributed by atoms with Crippen molar-refractivity contribution in [2.45, 2.75) is 49.5 Å². The molecule has 2 heteroatoms. The Hall–Kier alpha value is -0.340. The van der Waals surface area contributed by atoms with Crippen LogP contribution in [-0.4, -0.2) is 12.7 Å². The fraction of sp³-hybridized carbons (Fsp3) is 0.600. The Morgan fingerprint density at radius 3 is 2.71 bits per heavy atom. The number of fused-ring (bicyclic) bond motifs is 1. The second-order valence-corrected chi connectivity index (χ2v) is 6.17. The number of benzene rings is 1. The second kappa shape index (κ2) is 5.11. The van der Waals surface area contributed by atoms with E-state index in [2.05, 4.69) is 34.1 Å². The van der Waals surface area contributed by atoms with Crippen LogP contribution in [0.5, 0.6) is 0 Å². The molecule has 0 saturated carbocycles. The zero-order chi connectivity index (χ0) is 11.7. The minimum absolute atomic E-state index is 0.372. The molecule has 92 valence electrons. The molecule has 1 nitrogen and oxygen atoms in total. The first-order valence-electron chi connectivity index (χ1n) is 6.72. The van der Waals surface area contributed by atoms with E-state index in [0.29, 0.717) is 10.9 Å². The maximum Gasteiger partial charge on any atom is 0.0741 e. The van der Waals surface area contributed by atoms with Crippen LogP contribution in [0.2, 0.25) is 0 Å². The molecule has 1 heterocycles. The highest BCUT2D eigenvalue weighted by Crippen LogP contribution is 2.35. The lowest BCUT2D eigenvalue weighted by Crippen LogP contribution is -2.13. The number of alkyl halides is 1. The van der Waals surface area contributed by atoms with Gasteiger partial charge in [0.2, 0.25) is 0 Å². The molecule has 0 N–H and O–H groups in total. The lowest BCUT2D eigenvalue weighted by atomic mass is 9.89. The lowest BCUT2D eigenvalue weighted by Gasteiger charge is -2.21. The van der Waals surface area contributed by atoms with E-state index in [1.54, 1.807) is 11.1 Å². The fourth-order valence-corrected chi connectivity index (χ4v) is 3.67. The smallest absolute Gasteiger partial charge is 0.0741 e. The van der Waals surface area contributed by atoms with Gasteiger partial charge in [0.15, 0.2) is 0 Å². The molecule has 2 unspecified atom stereocenters. The molecule has 1 fully saturated rings. The molecule has 0 aromatic heterocycles. The zero-order valence-corrected chi connectivity index (χ0v) is 11.7. The van der Waals surface area contributed by atoms with Crippen LogP contribution in [0.15, 0.2) is 18.2 Å². The summed E-state index contributed by atoms with van der Waals surface area (Å²) in [7, 11) is 0. The van der Waals surface area contributed by atoms with E-state index < -0.39 is 0 Å². The summed E-state index contributed by atoms with van der Waals surface area (Å²) in [4.78, 5) is 0.372. The summed E-state index contributed by atoms with van der Waals surface area (Å²) in [6.45, 7) is 0.928. The second-order valence-electron chi connectivity index (χ2n) is 5.19. The normalized spacial score (nSPS) is 25.6. The summed E-state index contributed by atoms with van der Waals surface area (Å²) >= 11 is 3.82. The van der Waals surface area contributed by atoms with Crippen LogP contribution in [0.3, 0.4) is 0 Å². The first kappa shape index (κ1) is 11.7. The van der Waals surface area contributed by atoms with E-state index in [1.807, 2.05) is 0 Å². The third-order valence-corrected chi connectivity index (χ3v) is 5.10. The zero-order valence-electron chi connectivity index (χ0n) is 10.1. The van der Waals surface area contributed by atoms with Gasteiger partial charge in [0, 0.05) is 6.61 Å². The van der Waals surface area contributed by atoms with E-state index in [0.717, 1.165) is 6.61 Å². The van der Waals surface area contributed by atoms with Gasteiger partial charge < -0.3 is 4.74 Å². The maximum absolute atomic E-state index is 5.77. The van der Waals surface area contributed by atoms with Crippen molar-refractivity contribution in [3.8, 4) is 0 Å². The molecule has 0 amide bonds. The standard InChI is InChI=1S/C15H19BrO/c16-15(14-6-3-9-17-14)13-8-7-11-4-1-2-5-12(11)10-13/h7-8,10,14-15H,1-6,9H2. The molecular weight excluding hydrogens is 276 g/mol. The topological polar surface area (TPSA) is 9.23 Å². The van der Waals surface area contributed by atoms with Gasteiger partial charge in [-0.15, -0.1) is 0 Å². The van der Waals surface area contributed by atoms with Gasteiger partial charge in [0.05, 0.1) is 10.9 Å². The van der Waals surface area contributed by atoms with Crippen LogP contribution < -0.4 is 0 Å². The Bertz CT molecular complexity index is 396. The van der Waals surface area contributed by atoms with Crippen molar-refractivity contribution in [2.75, 3.05) is 6.61 Å². The number of aryl methyl sites for hydroxylation is 2. The molecule has 1 aromatic carbocycles. The van der Waals surface area contributed by atoms with Gasteiger partial charge in [-0.3, -0.25) is 0 Å². The van der Waals surface area contributed by atoms with Gasteiger partial charge in [-0.1, -0.05) is 34.1 Å². The molecule has 3 rings (SSSR count). The summed E-state index contributed by atoms with van der Waals surface area (Å²) in [5.74, 6) is 0. The van der Waals surface area contributed by atoms with Crippen LogP contribution in [-0.2, 0) is 17.6 Å². The van der Waals surface area contributed by atoms with Gasteiger partial charge in [0.25, 0.3) is 0 Å². The molecule has 1 aromatic rings. The van der Waals surface area contributed by atoms with E-state index in [4.69, 9.17) is 4.74 Å². The van der Waals surface area contributed by atoms with Crippen LogP contribution in [0.25, 0.3) is 0 Å². The van der Waals surface area contributed by atoms with Crippen molar-refractivity contribution in [3.63, 3.8) is 0 Å². The summed E-state index contributed by atoms with van der Waals surface area (Å²) in [6, 6.07) is 7.01. The molecule has 1 saturated heterocycles. The van der Waals surface area contributed by atoms with Gasteiger partial charge in [-0.25, -0.2) is 0 Å². The van der Waals surface area contributed by atoms with Crippen molar-refractivity contribution in [1.82, 2.24) is 0 Å². The van der Waals surface area contributed by atoms with Crippen LogP contribution in [0.1, 0.15) is 47.2 Å². The summed E-state index contributed by atoms with van der Waals surface area (Å²) in [6.07, 6.45) is 8.00. The van der Waals surface area contributed by atoms with Crippen LogP contribution in [0.4, 0.5) is 0 Å². The van der Waals surface area contributed by atoms with Gasteiger partial charge in [-0.05, 0) is 55.2 Å². The number of halogens is 1. The molecular formula is C15H19BrO. The molecule has 2 atom stereocenters. The van der Waals surface area contributed by atoms with Crippen LogP contribution in [0, 0.1) is 0 Å². The molecule has 17 heavy (non-hydrogen) atoms. The Morgan fingerprint density at radius 2 is 1.94 bits per heavy atom. The van der Waals surface area contributed by atoms with E-state index >= 15 is 0 Å². The molecule has 0 radical (unpaired) electrons. The molecule has 0 spiro atoms.